The van der Waals surface area contributed by atoms with Gasteiger partial charge in [-0.15, -0.1) is 6.42 Å². The second-order valence-corrected chi connectivity index (χ2v) is 6.67. The standard InChI is InChI=1S/C24H20N4O/c1-4-19-7-9-20(10-8-19)26-24-25-12-11-22(27-24)29-23-17(2)15-21(16-18(23)3)28-13-5-6-14-28/h1,5-16H,2-3H3,(H,25,26,27). The maximum atomic E-state index is 6.10. The Morgan fingerprint density at radius 3 is 2.34 bits per heavy atom. The Balaban J connectivity index is 1.55. The smallest absolute Gasteiger partial charge is 0.230 e. The molecule has 0 aliphatic rings. The van der Waals surface area contributed by atoms with Gasteiger partial charge in [-0.05, 0) is 73.5 Å². The quantitative estimate of drug-likeness (QED) is 0.471. The number of nitrogens with zero attached hydrogens (tertiary/aromatic N) is 3. The SMILES string of the molecule is C#Cc1ccc(Nc2nccc(Oc3c(C)cc(-n4cccc4)cc3C)n2)cc1. The zero-order chi connectivity index (χ0) is 20.2. The number of hydrogen-bond donors (Lipinski definition) is 1. The van der Waals surface area contributed by atoms with Crippen LogP contribution in [0, 0.1) is 26.2 Å². The Labute approximate surface area is 170 Å². The van der Waals surface area contributed by atoms with Crippen molar-refractivity contribution in [3.05, 3.63) is 89.9 Å². The van der Waals surface area contributed by atoms with E-state index in [9.17, 15) is 0 Å². The first-order chi connectivity index (χ1) is 14.1. The van der Waals surface area contributed by atoms with Crippen LogP contribution in [0.1, 0.15) is 16.7 Å². The average molecular weight is 380 g/mol. The number of hydrogen-bond acceptors (Lipinski definition) is 4. The summed E-state index contributed by atoms with van der Waals surface area (Å²) < 4.78 is 8.17. The Morgan fingerprint density at radius 2 is 1.69 bits per heavy atom. The van der Waals surface area contributed by atoms with Gasteiger partial charge in [0.1, 0.15) is 5.75 Å². The number of nitrogens with one attached hydrogen (secondary N) is 1. The van der Waals surface area contributed by atoms with Crippen LogP contribution in [0.2, 0.25) is 0 Å². The fraction of sp³-hybridized carbons (Fsp3) is 0.0833. The van der Waals surface area contributed by atoms with E-state index in [0.717, 1.165) is 33.8 Å². The number of terminal acetylenes is 1. The fourth-order valence-electron chi connectivity index (χ4n) is 3.09. The highest BCUT2D eigenvalue weighted by Crippen LogP contribution is 2.30. The minimum atomic E-state index is 0.454. The highest BCUT2D eigenvalue weighted by Gasteiger charge is 2.10. The first-order valence-corrected chi connectivity index (χ1v) is 9.21. The van der Waals surface area contributed by atoms with Gasteiger partial charge in [0.2, 0.25) is 11.8 Å². The van der Waals surface area contributed by atoms with Crippen LogP contribution in [0.15, 0.2) is 73.2 Å². The normalized spacial score (nSPS) is 10.4. The number of benzene rings is 2. The highest BCUT2D eigenvalue weighted by molar-refractivity contribution is 5.56. The van der Waals surface area contributed by atoms with Gasteiger partial charge in [-0.25, -0.2) is 4.98 Å². The predicted molar refractivity (Wildman–Crippen MR) is 115 cm³/mol. The van der Waals surface area contributed by atoms with E-state index in [2.05, 4.69) is 37.9 Å². The summed E-state index contributed by atoms with van der Waals surface area (Å²) in [5.41, 5.74) is 4.84. The summed E-state index contributed by atoms with van der Waals surface area (Å²) in [4.78, 5) is 8.74. The van der Waals surface area contributed by atoms with E-state index < -0.39 is 0 Å². The summed E-state index contributed by atoms with van der Waals surface area (Å²) in [6, 6.07) is 17.4. The van der Waals surface area contributed by atoms with Gasteiger partial charge in [0.05, 0.1) is 0 Å². The molecule has 0 saturated carbocycles. The van der Waals surface area contributed by atoms with Gasteiger partial charge in [-0.2, -0.15) is 4.98 Å². The molecule has 5 nitrogen and oxygen atoms in total. The second-order valence-electron chi connectivity index (χ2n) is 6.67. The van der Waals surface area contributed by atoms with E-state index in [4.69, 9.17) is 11.2 Å². The molecular weight excluding hydrogens is 360 g/mol. The molecule has 0 radical (unpaired) electrons. The van der Waals surface area contributed by atoms with Gasteiger partial charge in [0, 0.05) is 41.6 Å². The van der Waals surface area contributed by atoms with Crippen LogP contribution in [0.3, 0.4) is 0 Å². The van der Waals surface area contributed by atoms with Crippen molar-refractivity contribution in [1.82, 2.24) is 14.5 Å². The average Bonchev–Trinajstić information content (AvgIpc) is 3.26. The van der Waals surface area contributed by atoms with E-state index in [-0.39, 0.29) is 0 Å². The maximum absolute atomic E-state index is 6.10. The maximum Gasteiger partial charge on any atom is 0.230 e. The number of ether oxygens (including phenoxy) is 1. The molecule has 0 spiro atoms. The number of aromatic nitrogens is 3. The van der Waals surface area contributed by atoms with Gasteiger partial charge in [-0.1, -0.05) is 5.92 Å². The summed E-state index contributed by atoms with van der Waals surface area (Å²) in [6.07, 6.45) is 11.1. The molecule has 29 heavy (non-hydrogen) atoms. The van der Waals surface area contributed by atoms with Crippen LogP contribution < -0.4 is 10.1 Å². The second kappa shape index (κ2) is 7.91. The lowest BCUT2D eigenvalue weighted by Gasteiger charge is -2.14. The lowest BCUT2D eigenvalue weighted by atomic mass is 10.1. The van der Waals surface area contributed by atoms with Crippen LogP contribution in [-0.2, 0) is 0 Å². The van der Waals surface area contributed by atoms with E-state index in [1.807, 2.05) is 62.6 Å². The molecule has 0 atom stereocenters. The lowest BCUT2D eigenvalue weighted by Crippen LogP contribution is -2.00. The van der Waals surface area contributed by atoms with Crippen LogP contribution >= 0.6 is 0 Å². The molecule has 0 bridgehead atoms. The first-order valence-electron chi connectivity index (χ1n) is 9.21. The third-order valence-corrected chi connectivity index (χ3v) is 4.49. The van der Waals surface area contributed by atoms with Crippen LogP contribution in [0.4, 0.5) is 11.6 Å². The zero-order valence-corrected chi connectivity index (χ0v) is 16.3. The minimum Gasteiger partial charge on any atom is -0.438 e. The van der Waals surface area contributed by atoms with Crippen molar-refractivity contribution in [2.45, 2.75) is 13.8 Å². The Morgan fingerprint density at radius 1 is 1.00 bits per heavy atom. The third-order valence-electron chi connectivity index (χ3n) is 4.49. The van der Waals surface area contributed by atoms with Crippen LogP contribution in [-0.4, -0.2) is 14.5 Å². The molecule has 0 unspecified atom stereocenters. The van der Waals surface area contributed by atoms with Crippen molar-refractivity contribution >= 4 is 11.6 Å². The van der Waals surface area contributed by atoms with Gasteiger partial charge >= 0.3 is 0 Å². The molecule has 2 heterocycles. The molecule has 0 aliphatic heterocycles. The molecule has 2 aromatic heterocycles. The largest absolute Gasteiger partial charge is 0.438 e. The molecule has 5 heteroatoms. The van der Waals surface area contributed by atoms with Crippen molar-refractivity contribution in [3.8, 4) is 29.7 Å². The Bertz CT molecular complexity index is 1150. The van der Waals surface area contributed by atoms with E-state index >= 15 is 0 Å². The van der Waals surface area contributed by atoms with Gasteiger partial charge in [-0.3, -0.25) is 0 Å². The molecule has 0 saturated heterocycles. The molecule has 0 fully saturated rings. The lowest BCUT2D eigenvalue weighted by molar-refractivity contribution is 0.455. The van der Waals surface area contributed by atoms with E-state index in [1.54, 1.807) is 12.3 Å². The number of rotatable bonds is 5. The first kappa shape index (κ1) is 18.3. The molecular formula is C24H20N4O. The molecule has 142 valence electrons. The molecule has 2 aromatic carbocycles. The van der Waals surface area contributed by atoms with E-state index in [0.29, 0.717) is 11.8 Å². The Hall–Kier alpha value is -4.04. The zero-order valence-electron chi connectivity index (χ0n) is 16.3. The van der Waals surface area contributed by atoms with Gasteiger partial charge in [0.25, 0.3) is 0 Å². The number of anilines is 2. The van der Waals surface area contributed by atoms with Gasteiger partial charge < -0.3 is 14.6 Å². The fourth-order valence-corrected chi connectivity index (χ4v) is 3.09. The Kier molecular flexibility index (Phi) is 5.00. The summed E-state index contributed by atoms with van der Waals surface area (Å²) in [7, 11) is 0. The number of aryl methyl sites for hydroxylation is 2. The summed E-state index contributed by atoms with van der Waals surface area (Å²) >= 11 is 0. The van der Waals surface area contributed by atoms with Crippen LogP contribution in [0.5, 0.6) is 11.6 Å². The third kappa shape index (κ3) is 4.12. The van der Waals surface area contributed by atoms with Crippen LogP contribution in [0.25, 0.3) is 5.69 Å². The summed E-state index contributed by atoms with van der Waals surface area (Å²) in [5.74, 6) is 4.32. The topological polar surface area (TPSA) is 52.0 Å². The van der Waals surface area contributed by atoms with Crippen molar-refractivity contribution < 1.29 is 4.74 Å². The minimum absolute atomic E-state index is 0.454. The molecule has 0 aliphatic carbocycles. The molecule has 1 N–H and O–H groups in total. The highest BCUT2D eigenvalue weighted by atomic mass is 16.5. The van der Waals surface area contributed by atoms with Crippen molar-refractivity contribution in [1.29, 1.82) is 0 Å². The molecule has 4 aromatic rings. The monoisotopic (exact) mass is 380 g/mol. The van der Waals surface area contributed by atoms with Gasteiger partial charge in [0.15, 0.2) is 0 Å². The summed E-state index contributed by atoms with van der Waals surface area (Å²) in [6.45, 7) is 4.06. The summed E-state index contributed by atoms with van der Waals surface area (Å²) in [5, 5.41) is 3.16. The molecule has 4 rings (SSSR count). The van der Waals surface area contributed by atoms with Crippen molar-refractivity contribution in [2.75, 3.05) is 5.32 Å². The molecule has 0 amide bonds. The van der Waals surface area contributed by atoms with Crippen molar-refractivity contribution in [3.63, 3.8) is 0 Å². The van der Waals surface area contributed by atoms with Crippen molar-refractivity contribution in [2.24, 2.45) is 0 Å². The predicted octanol–water partition coefficient (Wildman–Crippen LogP) is 5.40. The van der Waals surface area contributed by atoms with E-state index in [1.165, 1.54) is 0 Å².